The molecule has 5 heteroatoms. The Labute approximate surface area is 86.7 Å². The molecule has 14 heavy (non-hydrogen) atoms. The summed E-state index contributed by atoms with van der Waals surface area (Å²) in [6.07, 6.45) is 3.94. The Morgan fingerprint density at radius 3 is 3.21 bits per heavy atom. The smallest absolute Gasteiger partial charge is 0.314 e. The molecule has 0 spiro atoms. The number of hydrogen-bond acceptors (Lipinski definition) is 3. The molecule has 0 aromatic carbocycles. The van der Waals surface area contributed by atoms with Gasteiger partial charge in [0.2, 0.25) is 0 Å². The summed E-state index contributed by atoms with van der Waals surface area (Å²) < 4.78 is 0. The van der Waals surface area contributed by atoms with Gasteiger partial charge in [0.1, 0.15) is 0 Å². The van der Waals surface area contributed by atoms with E-state index in [4.69, 9.17) is 5.73 Å². The molecule has 1 fully saturated rings. The largest absolute Gasteiger partial charge is 0.351 e. The maximum atomic E-state index is 11.0. The third kappa shape index (κ3) is 1.87. The first-order valence-electron chi connectivity index (χ1n) is 4.71. The number of piperidine rings is 1. The van der Waals surface area contributed by atoms with Gasteiger partial charge in [0.15, 0.2) is 0 Å². The third-order valence-electron chi connectivity index (χ3n) is 2.53. The Kier molecular flexibility index (Phi) is 2.67. The number of urea groups is 1. The van der Waals surface area contributed by atoms with E-state index >= 15 is 0 Å². The van der Waals surface area contributed by atoms with Gasteiger partial charge in [-0.1, -0.05) is 0 Å². The number of rotatable bonds is 1. The van der Waals surface area contributed by atoms with Crippen molar-refractivity contribution in [3.8, 4) is 0 Å². The van der Waals surface area contributed by atoms with Crippen LogP contribution in [0.3, 0.4) is 0 Å². The first-order chi connectivity index (χ1) is 6.77. The van der Waals surface area contributed by atoms with Crippen molar-refractivity contribution < 1.29 is 4.79 Å². The molecule has 76 valence electrons. The molecule has 1 unspecified atom stereocenters. The monoisotopic (exact) mass is 211 g/mol. The predicted molar refractivity (Wildman–Crippen MR) is 55.2 cm³/mol. The zero-order chi connectivity index (χ0) is 9.97. The van der Waals surface area contributed by atoms with Crippen molar-refractivity contribution in [1.29, 1.82) is 0 Å². The van der Waals surface area contributed by atoms with Crippen molar-refractivity contribution in [3.63, 3.8) is 0 Å². The summed E-state index contributed by atoms with van der Waals surface area (Å²) in [5, 5.41) is 3.09. The summed E-state index contributed by atoms with van der Waals surface area (Å²) in [5.41, 5.74) is 5.25. The van der Waals surface area contributed by atoms with Gasteiger partial charge < -0.3 is 10.6 Å². The van der Waals surface area contributed by atoms with E-state index in [2.05, 4.69) is 4.98 Å². The lowest BCUT2D eigenvalue weighted by molar-refractivity contribution is 0.189. The average molecular weight is 211 g/mol. The zero-order valence-electron chi connectivity index (χ0n) is 7.85. The summed E-state index contributed by atoms with van der Waals surface area (Å²) in [4.78, 5) is 17.0. The Hall–Kier alpha value is -1.10. The highest BCUT2D eigenvalue weighted by Gasteiger charge is 2.24. The first-order valence-corrected chi connectivity index (χ1v) is 5.59. The van der Waals surface area contributed by atoms with Gasteiger partial charge in [0.25, 0.3) is 0 Å². The number of carbonyl (C=O) groups is 1. The highest BCUT2D eigenvalue weighted by atomic mass is 32.1. The van der Waals surface area contributed by atoms with Crippen molar-refractivity contribution in [2.24, 2.45) is 5.73 Å². The van der Waals surface area contributed by atoms with Gasteiger partial charge in [-0.15, -0.1) is 11.3 Å². The molecule has 1 saturated heterocycles. The topological polar surface area (TPSA) is 59.2 Å². The SMILES string of the molecule is NC(=O)N1CCCC(c2nccs2)C1. The average Bonchev–Trinajstić information content (AvgIpc) is 2.71. The fraction of sp³-hybridized carbons (Fsp3) is 0.556. The predicted octanol–water partition coefficient (Wildman–Crippen LogP) is 1.40. The van der Waals surface area contributed by atoms with Crippen LogP contribution in [-0.4, -0.2) is 29.0 Å². The van der Waals surface area contributed by atoms with Crippen LogP contribution in [-0.2, 0) is 0 Å². The number of carbonyl (C=O) groups excluding carboxylic acids is 1. The summed E-state index contributed by atoms with van der Waals surface area (Å²) in [6, 6.07) is -0.314. The Balaban J connectivity index is 2.04. The molecule has 1 aromatic heterocycles. The minimum Gasteiger partial charge on any atom is -0.351 e. The second-order valence-corrected chi connectivity index (χ2v) is 4.42. The minimum absolute atomic E-state index is 0.314. The molecule has 1 aromatic rings. The van der Waals surface area contributed by atoms with Crippen molar-refractivity contribution >= 4 is 17.4 Å². The Bertz CT molecular complexity index is 312. The van der Waals surface area contributed by atoms with Crippen molar-refractivity contribution in [3.05, 3.63) is 16.6 Å². The maximum Gasteiger partial charge on any atom is 0.314 e. The first kappa shape index (κ1) is 9.45. The van der Waals surface area contributed by atoms with E-state index in [-0.39, 0.29) is 6.03 Å². The van der Waals surface area contributed by atoms with Gasteiger partial charge in [-0.3, -0.25) is 0 Å². The van der Waals surface area contributed by atoms with Gasteiger partial charge >= 0.3 is 6.03 Å². The molecule has 0 bridgehead atoms. The maximum absolute atomic E-state index is 11.0. The van der Waals surface area contributed by atoms with E-state index in [9.17, 15) is 4.79 Å². The number of primary amides is 1. The van der Waals surface area contributed by atoms with Gasteiger partial charge in [-0.05, 0) is 12.8 Å². The summed E-state index contributed by atoms with van der Waals surface area (Å²) in [6.45, 7) is 1.51. The molecular weight excluding hydrogens is 198 g/mol. The van der Waals surface area contributed by atoms with Crippen LogP contribution in [0.5, 0.6) is 0 Å². The van der Waals surface area contributed by atoms with E-state index in [1.165, 1.54) is 0 Å². The molecule has 4 nitrogen and oxygen atoms in total. The molecule has 0 saturated carbocycles. The summed E-state index contributed by atoms with van der Waals surface area (Å²) in [5.74, 6) is 0.385. The number of amides is 2. The molecule has 2 amide bonds. The van der Waals surface area contributed by atoms with Crippen LogP contribution < -0.4 is 5.73 Å². The molecule has 1 aliphatic heterocycles. The van der Waals surface area contributed by atoms with Crippen LogP contribution in [0.15, 0.2) is 11.6 Å². The van der Waals surface area contributed by atoms with Crippen molar-refractivity contribution in [2.75, 3.05) is 13.1 Å². The van der Waals surface area contributed by atoms with Crippen LogP contribution >= 0.6 is 11.3 Å². The summed E-state index contributed by atoms with van der Waals surface area (Å²) in [7, 11) is 0. The standard InChI is InChI=1S/C9H13N3OS/c10-9(13)12-4-1-2-7(6-12)8-11-3-5-14-8/h3,5,7H,1-2,4,6H2,(H2,10,13). The van der Waals surface area contributed by atoms with Crippen molar-refractivity contribution in [2.45, 2.75) is 18.8 Å². The zero-order valence-corrected chi connectivity index (χ0v) is 8.67. The lowest BCUT2D eigenvalue weighted by Crippen LogP contribution is -2.42. The van der Waals surface area contributed by atoms with Crippen molar-refractivity contribution in [1.82, 2.24) is 9.88 Å². The highest BCUT2D eigenvalue weighted by Crippen LogP contribution is 2.27. The number of hydrogen-bond donors (Lipinski definition) is 1. The molecule has 1 atom stereocenters. The second kappa shape index (κ2) is 3.96. The van der Waals surface area contributed by atoms with Gasteiger partial charge in [-0.2, -0.15) is 0 Å². The van der Waals surface area contributed by atoms with Gasteiger partial charge in [-0.25, -0.2) is 9.78 Å². The molecule has 2 rings (SSSR count). The quantitative estimate of drug-likeness (QED) is 0.763. The van der Waals surface area contributed by atoms with Crippen LogP contribution in [0, 0.1) is 0 Å². The number of aromatic nitrogens is 1. The summed E-state index contributed by atoms with van der Waals surface area (Å²) >= 11 is 1.65. The van der Waals surface area contributed by atoms with E-state index in [0.717, 1.165) is 30.9 Å². The fourth-order valence-electron chi connectivity index (χ4n) is 1.81. The molecule has 2 heterocycles. The third-order valence-corrected chi connectivity index (χ3v) is 3.47. The van der Waals surface area contributed by atoms with E-state index < -0.39 is 0 Å². The molecule has 2 N–H and O–H groups in total. The lowest BCUT2D eigenvalue weighted by atomic mass is 9.99. The molecule has 0 aliphatic carbocycles. The lowest BCUT2D eigenvalue weighted by Gasteiger charge is -2.30. The molecular formula is C9H13N3OS. The number of thiazole rings is 1. The van der Waals surface area contributed by atoms with Crippen LogP contribution in [0.1, 0.15) is 23.8 Å². The van der Waals surface area contributed by atoms with Crippen LogP contribution in [0.4, 0.5) is 4.79 Å². The highest BCUT2D eigenvalue weighted by molar-refractivity contribution is 7.09. The molecule has 1 aliphatic rings. The van der Waals surface area contributed by atoms with E-state index in [0.29, 0.717) is 5.92 Å². The van der Waals surface area contributed by atoms with E-state index in [1.807, 2.05) is 11.6 Å². The van der Waals surface area contributed by atoms with Crippen LogP contribution in [0.25, 0.3) is 0 Å². The Morgan fingerprint density at radius 1 is 1.71 bits per heavy atom. The minimum atomic E-state index is -0.314. The molecule has 0 radical (unpaired) electrons. The number of nitrogens with two attached hydrogens (primary N) is 1. The fourth-order valence-corrected chi connectivity index (χ4v) is 2.58. The van der Waals surface area contributed by atoms with Gasteiger partial charge in [0.05, 0.1) is 5.01 Å². The van der Waals surface area contributed by atoms with Crippen LogP contribution in [0.2, 0.25) is 0 Å². The Morgan fingerprint density at radius 2 is 2.57 bits per heavy atom. The van der Waals surface area contributed by atoms with Gasteiger partial charge in [0, 0.05) is 30.6 Å². The number of nitrogens with zero attached hydrogens (tertiary/aromatic N) is 2. The number of likely N-dealkylation sites (tertiary alicyclic amines) is 1. The second-order valence-electron chi connectivity index (χ2n) is 3.49. The van der Waals surface area contributed by atoms with E-state index in [1.54, 1.807) is 16.2 Å². The normalized spacial score (nSPS) is 22.3.